The van der Waals surface area contributed by atoms with Crippen LogP contribution in [0.5, 0.6) is 0 Å². The van der Waals surface area contributed by atoms with Crippen LogP contribution in [0.3, 0.4) is 0 Å². The number of rotatable bonds is 5. The molecule has 0 atom stereocenters. The molecule has 0 unspecified atom stereocenters. The van der Waals surface area contributed by atoms with E-state index in [1.54, 1.807) is 12.1 Å². The van der Waals surface area contributed by atoms with Gasteiger partial charge >= 0.3 is 0 Å². The Morgan fingerprint density at radius 3 is 2.40 bits per heavy atom. The monoisotopic (exact) mass is 355 g/mol. The van der Waals surface area contributed by atoms with Crippen molar-refractivity contribution < 1.29 is 8.42 Å². The van der Waals surface area contributed by atoms with Gasteiger partial charge in [0.05, 0.1) is 4.90 Å². The number of sulfonamides is 1. The molecule has 20 heavy (non-hydrogen) atoms. The Morgan fingerprint density at radius 2 is 1.80 bits per heavy atom. The van der Waals surface area contributed by atoms with Crippen LogP contribution >= 0.6 is 15.9 Å². The molecule has 2 aromatic rings. The molecule has 2 rings (SSSR count). The number of hydrazine groups is 1. The Balaban J connectivity index is 2.10. The van der Waals surface area contributed by atoms with E-state index < -0.39 is 10.0 Å². The molecule has 2 aromatic carbocycles. The van der Waals surface area contributed by atoms with Crippen molar-refractivity contribution in [3.8, 4) is 0 Å². The van der Waals surface area contributed by atoms with Gasteiger partial charge in [-0.3, -0.25) is 5.84 Å². The second-order valence-electron chi connectivity index (χ2n) is 4.12. The van der Waals surface area contributed by atoms with Crippen LogP contribution in [-0.4, -0.2) is 8.42 Å². The molecule has 5 nitrogen and oxygen atoms in total. The molecule has 0 amide bonds. The van der Waals surface area contributed by atoms with Gasteiger partial charge in [0, 0.05) is 16.7 Å². The van der Waals surface area contributed by atoms with Crippen LogP contribution < -0.4 is 16.0 Å². The Morgan fingerprint density at radius 1 is 1.10 bits per heavy atom. The third-order valence-electron chi connectivity index (χ3n) is 2.69. The molecule has 7 heteroatoms. The highest BCUT2D eigenvalue weighted by Crippen LogP contribution is 2.15. The number of benzene rings is 2. The van der Waals surface area contributed by atoms with Gasteiger partial charge in [0.25, 0.3) is 0 Å². The minimum atomic E-state index is -3.53. The molecule has 0 spiro atoms. The van der Waals surface area contributed by atoms with Crippen molar-refractivity contribution in [3.05, 3.63) is 58.6 Å². The van der Waals surface area contributed by atoms with Gasteiger partial charge in [0.2, 0.25) is 10.0 Å². The van der Waals surface area contributed by atoms with E-state index in [1.807, 2.05) is 24.3 Å². The summed E-state index contributed by atoms with van der Waals surface area (Å²) in [6.07, 6.45) is 0. The minimum absolute atomic E-state index is 0.200. The van der Waals surface area contributed by atoms with E-state index in [1.165, 1.54) is 12.1 Å². The summed E-state index contributed by atoms with van der Waals surface area (Å²) in [5, 5.41) is 0. The van der Waals surface area contributed by atoms with Crippen LogP contribution in [0.15, 0.2) is 57.9 Å². The first-order valence-electron chi connectivity index (χ1n) is 5.82. The summed E-state index contributed by atoms with van der Waals surface area (Å²) in [6, 6.07) is 13.7. The second-order valence-corrected chi connectivity index (χ2v) is 6.81. The van der Waals surface area contributed by atoms with Crippen molar-refractivity contribution in [1.29, 1.82) is 0 Å². The molecule has 0 radical (unpaired) electrons. The molecule has 0 fully saturated rings. The normalized spacial score (nSPS) is 11.3. The molecule has 0 aromatic heterocycles. The van der Waals surface area contributed by atoms with Gasteiger partial charge in [0.15, 0.2) is 0 Å². The maximum Gasteiger partial charge on any atom is 0.240 e. The van der Waals surface area contributed by atoms with E-state index in [0.717, 1.165) is 10.0 Å². The molecule has 106 valence electrons. The van der Waals surface area contributed by atoms with E-state index in [9.17, 15) is 8.42 Å². The Bertz CT molecular complexity index is 687. The lowest BCUT2D eigenvalue weighted by Gasteiger charge is -2.08. The fraction of sp³-hybridized carbons (Fsp3) is 0.0769. The van der Waals surface area contributed by atoms with Crippen LogP contribution in [-0.2, 0) is 16.6 Å². The molecule has 0 heterocycles. The highest BCUT2D eigenvalue weighted by molar-refractivity contribution is 9.10. The fourth-order valence-corrected chi connectivity index (χ4v) is 3.10. The van der Waals surface area contributed by atoms with Gasteiger partial charge in [-0.15, -0.1) is 0 Å². The quantitative estimate of drug-likeness (QED) is 0.567. The summed E-state index contributed by atoms with van der Waals surface area (Å²) in [5.41, 5.74) is 3.98. The third kappa shape index (κ3) is 3.80. The van der Waals surface area contributed by atoms with Gasteiger partial charge in [0.1, 0.15) is 0 Å². The number of halogens is 1. The molecular weight excluding hydrogens is 342 g/mol. The number of nitrogens with two attached hydrogens (primary N) is 1. The lowest BCUT2D eigenvalue weighted by molar-refractivity contribution is 0.581. The second kappa shape index (κ2) is 6.36. The maximum atomic E-state index is 12.1. The number of nitrogen functional groups attached to an aromatic ring is 1. The van der Waals surface area contributed by atoms with Gasteiger partial charge < -0.3 is 5.43 Å². The highest BCUT2D eigenvalue weighted by Gasteiger charge is 2.13. The van der Waals surface area contributed by atoms with E-state index in [-0.39, 0.29) is 11.4 Å². The van der Waals surface area contributed by atoms with Gasteiger partial charge in [-0.1, -0.05) is 28.1 Å². The van der Waals surface area contributed by atoms with Gasteiger partial charge in [-0.25, -0.2) is 13.1 Å². The van der Waals surface area contributed by atoms with Gasteiger partial charge in [-0.05, 0) is 42.0 Å². The highest BCUT2D eigenvalue weighted by atomic mass is 79.9. The van der Waals surface area contributed by atoms with Crippen molar-refractivity contribution >= 4 is 31.6 Å². The third-order valence-corrected chi connectivity index (χ3v) is 4.60. The summed E-state index contributed by atoms with van der Waals surface area (Å²) in [6.45, 7) is 0.235. The van der Waals surface area contributed by atoms with Crippen LogP contribution in [0.25, 0.3) is 0 Å². The molecule has 0 aliphatic carbocycles. The van der Waals surface area contributed by atoms with Crippen molar-refractivity contribution in [1.82, 2.24) is 4.72 Å². The zero-order chi connectivity index (χ0) is 14.6. The molecule has 0 saturated carbocycles. The summed E-state index contributed by atoms with van der Waals surface area (Å²) in [7, 11) is -3.53. The van der Waals surface area contributed by atoms with Crippen LogP contribution in [0.2, 0.25) is 0 Å². The van der Waals surface area contributed by atoms with Gasteiger partial charge in [-0.2, -0.15) is 0 Å². The number of hydrogen-bond acceptors (Lipinski definition) is 4. The lowest BCUT2D eigenvalue weighted by atomic mass is 10.2. The first-order valence-corrected chi connectivity index (χ1v) is 8.10. The van der Waals surface area contributed by atoms with E-state index in [0.29, 0.717) is 5.69 Å². The molecule has 0 saturated heterocycles. The number of anilines is 1. The average Bonchev–Trinajstić information content (AvgIpc) is 2.45. The molecular formula is C13H14BrN3O2S. The van der Waals surface area contributed by atoms with Crippen molar-refractivity contribution in [2.24, 2.45) is 5.84 Å². The van der Waals surface area contributed by atoms with E-state index in [2.05, 4.69) is 26.1 Å². The molecule has 4 N–H and O–H groups in total. The summed E-state index contributed by atoms with van der Waals surface area (Å²) in [5.74, 6) is 5.24. The van der Waals surface area contributed by atoms with Crippen LogP contribution in [0.4, 0.5) is 5.69 Å². The molecule has 0 bridgehead atoms. The Labute approximate surface area is 126 Å². The van der Waals surface area contributed by atoms with E-state index >= 15 is 0 Å². The topological polar surface area (TPSA) is 84.2 Å². The molecule has 0 aliphatic heterocycles. The lowest BCUT2D eigenvalue weighted by Crippen LogP contribution is -2.23. The predicted molar refractivity (Wildman–Crippen MR) is 82.4 cm³/mol. The average molecular weight is 356 g/mol. The largest absolute Gasteiger partial charge is 0.324 e. The smallest absolute Gasteiger partial charge is 0.240 e. The van der Waals surface area contributed by atoms with E-state index in [4.69, 9.17) is 5.84 Å². The number of nitrogens with one attached hydrogen (secondary N) is 2. The SMILES string of the molecule is NNc1ccc(S(=O)(=O)NCc2cccc(Br)c2)cc1. The van der Waals surface area contributed by atoms with Crippen molar-refractivity contribution in [2.75, 3.05) is 5.43 Å². The van der Waals surface area contributed by atoms with Crippen LogP contribution in [0.1, 0.15) is 5.56 Å². The molecule has 0 aliphatic rings. The summed E-state index contributed by atoms with van der Waals surface area (Å²) >= 11 is 3.35. The summed E-state index contributed by atoms with van der Waals surface area (Å²) < 4.78 is 27.7. The Hall–Kier alpha value is -1.41. The minimum Gasteiger partial charge on any atom is -0.324 e. The Kier molecular flexibility index (Phi) is 4.77. The first kappa shape index (κ1) is 15.0. The first-order chi connectivity index (χ1) is 9.51. The maximum absolute atomic E-state index is 12.1. The van der Waals surface area contributed by atoms with Crippen LogP contribution in [0, 0.1) is 0 Å². The zero-order valence-electron chi connectivity index (χ0n) is 10.5. The van der Waals surface area contributed by atoms with Crippen molar-refractivity contribution in [2.45, 2.75) is 11.4 Å². The van der Waals surface area contributed by atoms with Crippen molar-refractivity contribution in [3.63, 3.8) is 0 Å². The number of hydrogen-bond donors (Lipinski definition) is 3. The standard InChI is InChI=1S/C13H14BrN3O2S/c14-11-3-1-2-10(8-11)9-16-20(18,19)13-6-4-12(17-15)5-7-13/h1-8,16-17H,9,15H2. The zero-order valence-corrected chi connectivity index (χ0v) is 12.9. The fourth-order valence-electron chi connectivity index (χ4n) is 1.64. The summed E-state index contributed by atoms with van der Waals surface area (Å²) in [4.78, 5) is 0.200. The predicted octanol–water partition coefficient (Wildman–Crippen LogP) is 2.21.